The molecular weight excluding hydrogens is 226 g/mol. The molecule has 0 aliphatic heterocycles. The van der Waals surface area contributed by atoms with E-state index < -0.39 is 0 Å². The van der Waals surface area contributed by atoms with Crippen molar-refractivity contribution in [1.82, 2.24) is 10.2 Å². The van der Waals surface area contributed by atoms with Crippen LogP contribution in [0, 0.1) is 0 Å². The van der Waals surface area contributed by atoms with Gasteiger partial charge in [0.25, 0.3) is 0 Å². The zero-order valence-electron chi connectivity index (χ0n) is 11.4. The Morgan fingerprint density at radius 1 is 1.44 bits per heavy atom. The van der Waals surface area contributed by atoms with Gasteiger partial charge in [0.2, 0.25) is 5.91 Å². The number of benzene rings is 1. The highest BCUT2D eigenvalue weighted by molar-refractivity contribution is 5.75. The zero-order valence-corrected chi connectivity index (χ0v) is 11.4. The average molecular weight is 249 g/mol. The normalized spacial score (nSPS) is 10.9. The number of nitrogens with two attached hydrogens (primary N) is 1. The van der Waals surface area contributed by atoms with Crippen LogP contribution >= 0.6 is 0 Å². The summed E-state index contributed by atoms with van der Waals surface area (Å²) in [6.45, 7) is 5.85. The maximum Gasteiger partial charge on any atom is 0.221 e. The molecule has 0 bridgehead atoms. The summed E-state index contributed by atoms with van der Waals surface area (Å²) in [6, 6.07) is 8.28. The first kappa shape index (κ1) is 14.5. The van der Waals surface area contributed by atoms with Gasteiger partial charge < -0.3 is 11.1 Å². The maximum absolute atomic E-state index is 11.3. The molecule has 0 saturated carbocycles. The van der Waals surface area contributed by atoms with Crippen molar-refractivity contribution in [3.63, 3.8) is 0 Å². The SMILES string of the molecule is CNC(=O)CCN(Cc1cccc(N)c1)C(C)C. The van der Waals surface area contributed by atoms with Crippen molar-refractivity contribution < 1.29 is 4.79 Å². The van der Waals surface area contributed by atoms with Crippen molar-refractivity contribution in [2.75, 3.05) is 19.3 Å². The first-order valence-corrected chi connectivity index (χ1v) is 6.32. The number of nitrogens with one attached hydrogen (secondary N) is 1. The Balaban J connectivity index is 2.60. The second-order valence-corrected chi connectivity index (χ2v) is 4.73. The van der Waals surface area contributed by atoms with E-state index in [0.29, 0.717) is 12.5 Å². The number of rotatable bonds is 6. The van der Waals surface area contributed by atoms with Gasteiger partial charge in [0, 0.05) is 38.3 Å². The smallest absolute Gasteiger partial charge is 0.221 e. The molecule has 0 unspecified atom stereocenters. The Kier molecular flexibility index (Phi) is 5.65. The summed E-state index contributed by atoms with van der Waals surface area (Å²) < 4.78 is 0. The van der Waals surface area contributed by atoms with Gasteiger partial charge in [0.05, 0.1) is 0 Å². The van der Waals surface area contributed by atoms with E-state index >= 15 is 0 Å². The van der Waals surface area contributed by atoms with Gasteiger partial charge in [0.1, 0.15) is 0 Å². The summed E-state index contributed by atoms with van der Waals surface area (Å²) >= 11 is 0. The molecule has 0 aromatic heterocycles. The topological polar surface area (TPSA) is 58.4 Å². The minimum atomic E-state index is 0.0771. The number of anilines is 1. The van der Waals surface area contributed by atoms with E-state index in [1.807, 2.05) is 18.2 Å². The molecule has 100 valence electrons. The molecule has 1 amide bonds. The van der Waals surface area contributed by atoms with Crippen LogP contribution in [-0.4, -0.2) is 30.4 Å². The summed E-state index contributed by atoms with van der Waals surface area (Å²) in [6.07, 6.45) is 0.525. The minimum Gasteiger partial charge on any atom is -0.399 e. The summed E-state index contributed by atoms with van der Waals surface area (Å²) in [4.78, 5) is 13.6. The summed E-state index contributed by atoms with van der Waals surface area (Å²) in [5, 5.41) is 2.65. The lowest BCUT2D eigenvalue weighted by molar-refractivity contribution is -0.121. The third-order valence-electron chi connectivity index (χ3n) is 2.97. The minimum absolute atomic E-state index is 0.0771. The molecule has 0 heterocycles. The molecule has 1 aromatic carbocycles. The Morgan fingerprint density at radius 3 is 2.72 bits per heavy atom. The second kappa shape index (κ2) is 7.01. The molecule has 1 rings (SSSR count). The molecule has 0 atom stereocenters. The van der Waals surface area contributed by atoms with E-state index in [2.05, 4.69) is 30.1 Å². The van der Waals surface area contributed by atoms with Crippen LogP contribution in [0.25, 0.3) is 0 Å². The Bertz CT molecular complexity index is 390. The van der Waals surface area contributed by atoms with Crippen molar-refractivity contribution in [3.8, 4) is 0 Å². The number of carbonyl (C=O) groups excluding carboxylic acids is 1. The van der Waals surface area contributed by atoms with E-state index in [0.717, 1.165) is 18.8 Å². The van der Waals surface area contributed by atoms with Crippen LogP contribution in [0.4, 0.5) is 5.69 Å². The standard InChI is InChI=1S/C14H23N3O/c1-11(2)17(8-7-14(18)16-3)10-12-5-4-6-13(15)9-12/h4-6,9,11H,7-8,10,15H2,1-3H3,(H,16,18). The number of nitrogen functional groups attached to an aromatic ring is 1. The molecule has 0 spiro atoms. The van der Waals surface area contributed by atoms with Gasteiger partial charge in [-0.15, -0.1) is 0 Å². The first-order valence-electron chi connectivity index (χ1n) is 6.32. The predicted octanol–water partition coefficient (Wildman–Crippen LogP) is 1.62. The van der Waals surface area contributed by atoms with E-state index in [1.165, 1.54) is 5.56 Å². The molecule has 18 heavy (non-hydrogen) atoms. The Hall–Kier alpha value is -1.55. The fraction of sp³-hybridized carbons (Fsp3) is 0.500. The van der Waals surface area contributed by atoms with Crippen LogP contribution in [0.2, 0.25) is 0 Å². The van der Waals surface area contributed by atoms with Gasteiger partial charge in [-0.25, -0.2) is 0 Å². The highest BCUT2D eigenvalue weighted by Crippen LogP contribution is 2.12. The van der Waals surface area contributed by atoms with E-state index in [9.17, 15) is 4.79 Å². The van der Waals surface area contributed by atoms with Gasteiger partial charge in [0.15, 0.2) is 0 Å². The van der Waals surface area contributed by atoms with Crippen molar-refractivity contribution >= 4 is 11.6 Å². The molecule has 4 heteroatoms. The zero-order chi connectivity index (χ0) is 13.5. The van der Waals surface area contributed by atoms with E-state index in [4.69, 9.17) is 5.73 Å². The van der Waals surface area contributed by atoms with E-state index in [1.54, 1.807) is 7.05 Å². The van der Waals surface area contributed by atoms with Crippen LogP contribution in [0.1, 0.15) is 25.8 Å². The largest absolute Gasteiger partial charge is 0.399 e. The fourth-order valence-corrected chi connectivity index (χ4v) is 1.82. The third-order valence-corrected chi connectivity index (χ3v) is 2.97. The summed E-state index contributed by atoms with van der Waals surface area (Å²) in [7, 11) is 1.67. The molecular formula is C14H23N3O. The molecule has 0 radical (unpaired) electrons. The molecule has 0 aliphatic carbocycles. The van der Waals surface area contributed by atoms with Gasteiger partial charge in [-0.05, 0) is 31.5 Å². The number of carbonyl (C=O) groups is 1. The highest BCUT2D eigenvalue weighted by atomic mass is 16.1. The monoisotopic (exact) mass is 249 g/mol. The van der Waals surface area contributed by atoms with Gasteiger partial charge in [-0.2, -0.15) is 0 Å². The van der Waals surface area contributed by atoms with E-state index in [-0.39, 0.29) is 5.91 Å². The van der Waals surface area contributed by atoms with Gasteiger partial charge in [-0.1, -0.05) is 12.1 Å². The van der Waals surface area contributed by atoms with Gasteiger partial charge >= 0.3 is 0 Å². The predicted molar refractivity (Wildman–Crippen MR) is 75.1 cm³/mol. The lowest BCUT2D eigenvalue weighted by Gasteiger charge is -2.26. The molecule has 3 N–H and O–H groups in total. The second-order valence-electron chi connectivity index (χ2n) is 4.73. The van der Waals surface area contributed by atoms with Crippen molar-refractivity contribution in [2.24, 2.45) is 0 Å². The molecule has 0 aliphatic rings. The molecule has 0 fully saturated rings. The van der Waals surface area contributed by atoms with Crippen molar-refractivity contribution in [3.05, 3.63) is 29.8 Å². The fourth-order valence-electron chi connectivity index (χ4n) is 1.82. The first-order chi connectivity index (χ1) is 8.52. The quantitative estimate of drug-likeness (QED) is 0.753. The molecule has 1 aromatic rings. The Morgan fingerprint density at radius 2 is 2.17 bits per heavy atom. The molecule has 4 nitrogen and oxygen atoms in total. The lowest BCUT2D eigenvalue weighted by Crippen LogP contribution is -2.34. The average Bonchev–Trinajstić information content (AvgIpc) is 2.33. The molecule has 0 saturated heterocycles. The third kappa shape index (κ3) is 4.75. The van der Waals surface area contributed by atoms with Crippen LogP contribution < -0.4 is 11.1 Å². The summed E-state index contributed by atoms with van der Waals surface area (Å²) in [5.74, 6) is 0.0771. The number of hydrogen-bond acceptors (Lipinski definition) is 3. The number of hydrogen-bond donors (Lipinski definition) is 2. The van der Waals surface area contributed by atoms with Crippen LogP contribution in [0.3, 0.4) is 0 Å². The van der Waals surface area contributed by atoms with Crippen LogP contribution in [0.15, 0.2) is 24.3 Å². The highest BCUT2D eigenvalue weighted by Gasteiger charge is 2.11. The number of amides is 1. The van der Waals surface area contributed by atoms with Crippen LogP contribution in [0.5, 0.6) is 0 Å². The maximum atomic E-state index is 11.3. The van der Waals surface area contributed by atoms with Gasteiger partial charge in [-0.3, -0.25) is 9.69 Å². The summed E-state index contributed by atoms with van der Waals surface area (Å²) in [5.41, 5.74) is 7.73. The number of nitrogens with zero attached hydrogens (tertiary/aromatic N) is 1. The van der Waals surface area contributed by atoms with Crippen molar-refractivity contribution in [2.45, 2.75) is 32.9 Å². The van der Waals surface area contributed by atoms with Crippen molar-refractivity contribution in [1.29, 1.82) is 0 Å². The van der Waals surface area contributed by atoms with Crippen LogP contribution in [-0.2, 0) is 11.3 Å². The lowest BCUT2D eigenvalue weighted by atomic mass is 10.1. The Labute approximate surface area is 109 Å².